The molecule has 0 aromatic heterocycles. The van der Waals surface area contributed by atoms with Crippen molar-refractivity contribution in [2.24, 2.45) is 0 Å². The standard InChI is InChI=1S/C13H16N2O/c1-13(16,12-3-2-8-15-12)11-6-4-10(9-14)5-7-11/h4-7,12,15-16H,2-3,8H2,1H3. The lowest BCUT2D eigenvalue weighted by molar-refractivity contribution is 0.0218. The molecular formula is C13H16N2O. The minimum Gasteiger partial charge on any atom is -0.384 e. The fraction of sp³-hybridized carbons (Fsp3) is 0.462. The summed E-state index contributed by atoms with van der Waals surface area (Å²) in [6, 6.07) is 9.35. The summed E-state index contributed by atoms with van der Waals surface area (Å²) in [4.78, 5) is 0. The second-order valence-corrected chi connectivity index (χ2v) is 4.49. The molecular weight excluding hydrogens is 200 g/mol. The Morgan fingerprint density at radius 3 is 2.62 bits per heavy atom. The van der Waals surface area contributed by atoms with E-state index in [1.165, 1.54) is 0 Å². The number of rotatable bonds is 2. The van der Waals surface area contributed by atoms with Crippen LogP contribution < -0.4 is 5.32 Å². The van der Waals surface area contributed by atoms with Crippen LogP contribution in [0.3, 0.4) is 0 Å². The maximum atomic E-state index is 10.5. The van der Waals surface area contributed by atoms with Crippen molar-refractivity contribution in [1.29, 1.82) is 5.26 Å². The van der Waals surface area contributed by atoms with E-state index in [4.69, 9.17) is 5.26 Å². The molecule has 0 radical (unpaired) electrons. The van der Waals surface area contributed by atoms with Crippen LogP contribution >= 0.6 is 0 Å². The Kier molecular flexibility index (Phi) is 2.95. The quantitative estimate of drug-likeness (QED) is 0.788. The molecule has 1 heterocycles. The van der Waals surface area contributed by atoms with Crippen LogP contribution in [-0.2, 0) is 5.60 Å². The summed E-state index contributed by atoms with van der Waals surface area (Å²) in [6.45, 7) is 2.80. The molecule has 0 saturated carbocycles. The van der Waals surface area contributed by atoms with Crippen LogP contribution in [0.15, 0.2) is 24.3 Å². The highest BCUT2D eigenvalue weighted by molar-refractivity contribution is 5.34. The van der Waals surface area contributed by atoms with Gasteiger partial charge in [0, 0.05) is 6.04 Å². The van der Waals surface area contributed by atoms with E-state index in [9.17, 15) is 5.11 Å². The number of nitrogens with one attached hydrogen (secondary N) is 1. The Balaban J connectivity index is 2.24. The summed E-state index contributed by atoms with van der Waals surface area (Å²) in [7, 11) is 0. The van der Waals surface area contributed by atoms with Crippen molar-refractivity contribution in [1.82, 2.24) is 5.32 Å². The van der Waals surface area contributed by atoms with Crippen LogP contribution in [0, 0.1) is 11.3 Å². The van der Waals surface area contributed by atoms with Crippen LogP contribution in [0.1, 0.15) is 30.9 Å². The summed E-state index contributed by atoms with van der Waals surface area (Å²) in [6.07, 6.45) is 2.10. The van der Waals surface area contributed by atoms with Crippen molar-refractivity contribution in [2.45, 2.75) is 31.4 Å². The largest absolute Gasteiger partial charge is 0.384 e. The van der Waals surface area contributed by atoms with E-state index in [1.54, 1.807) is 12.1 Å². The third-order valence-electron chi connectivity index (χ3n) is 3.34. The summed E-state index contributed by atoms with van der Waals surface area (Å²) in [5.74, 6) is 0. The van der Waals surface area contributed by atoms with Gasteiger partial charge < -0.3 is 10.4 Å². The number of nitrogens with zero attached hydrogens (tertiary/aromatic N) is 1. The second kappa shape index (κ2) is 4.25. The molecule has 1 aliphatic heterocycles. The fourth-order valence-corrected chi connectivity index (χ4v) is 2.25. The minimum absolute atomic E-state index is 0.112. The zero-order valence-electron chi connectivity index (χ0n) is 9.40. The Bertz CT molecular complexity index is 397. The molecule has 1 aromatic rings. The van der Waals surface area contributed by atoms with E-state index in [2.05, 4.69) is 11.4 Å². The molecule has 1 aliphatic rings. The number of benzene rings is 1. The van der Waals surface area contributed by atoms with E-state index in [0.29, 0.717) is 5.56 Å². The van der Waals surface area contributed by atoms with E-state index < -0.39 is 5.60 Å². The van der Waals surface area contributed by atoms with Gasteiger partial charge in [0.05, 0.1) is 11.6 Å². The van der Waals surface area contributed by atoms with Gasteiger partial charge in [0.25, 0.3) is 0 Å². The number of nitriles is 1. The lowest BCUT2D eigenvalue weighted by atomic mass is 9.87. The van der Waals surface area contributed by atoms with E-state index in [0.717, 1.165) is 24.9 Å². The van der Waals surface area contributed by atoms with Gasteiger partial charge in [-0.2, -0.15) is 5.26 Å². The second-order valence-electron chi connectivity index (χ2n) is 4.49. The lowest BCUT2D eigenvalue weighted by Crippen LogP contribution is -2.42. The molecule has 16 heavy (non-hydrogen) atoms. The molecule has 2 unspecified atom stereocenters. The normalized spacial score (nSPS) is 23.7. The molecule has 0 bridgehead atoms. The van der Waals surface area contributed by atoms with Gasteiger partial charge in [0.1, 0.15) is 5.60 Å². The summed E-state index contributed by atoms with van der Waals surface area (Å²) < 4.78 is 0. The highest BCUT2D eigenvalue weighted by Gasteiger charge is 2.35. The van der Waals surface area contributed by atoms with E-state index in [-0.39, 0.29) is 6.04 Å². The first-order chi connectivity index (χ1) is 7.64. The van der Waals surface area contributed by atoms with Crippen LogP contribution in [0.25, 0.3) is 0 Å². The Morgan fingerprint density at radius 1 is 1.44 bits per heavy atom. The molecule has 0 amide bonds. The number of aliphatic hydroxyl groups is 1. The molecule has 1 saturated heterocycles. The minimum atomic E-state index is -0.857. The van der Waals surface area contributed by atoms with Crippen molar-refractivity contribution in [3.05, 3.63) is 35.4 Å². The van der Waals surface area contributed by atoms with Crippen molar-refractivity contribution >= 4 is 0 Å². The maximum absolute atomic E-state index is 10.5. The Morgan fingerprint density at radius 2 is 2.12 bits per heavy atom. The fourth-order valence-electron chi connectivity index (χ4n) is 2.25. The van der Waals surface area contributed by atoms with Gasteiger partial charge >= 0.3 is 0 Å². The van der Waals surface area contributed by atoms with Gasteiger partial charge in [-0.05, 0) is 44.0 Å². The molecule has 3 nitrogen and oxygen atoms in total. The summed E-state index contributed by atoms with van der Waals surface area (Å²) >= 11 is 0. The molecule has 2 atom stereocenters. The van der Waals surface area contributed by atoms with Crippen LogP contribution in [0.5, 0.6) is 0 Å². The van der Waals surface area contributed by atoms with Gasteiger partial charge in [-0.25, -0.2) is 0 Å². The molecule has 0 spiro atoms. The van der Waals surface area contributed by atoms with Gasteiger partial charge in [-0.1, -0.05) is 12.1 Å². The van der Waals surface area contributed by atoms with Gasteiger partial charge in [0.15, 0.2) is 0 Å². The highest BCUT2D eigenvalue weighted by Crippen LogP contribution is 2.29. The topological polar surface area (TPSA) is 56.0 Å². The van der Waals surface area contributed by atoms with Gasteiger partial charge in [-0.3, -0.25) is 0 Å². The van der Waals surface area contributed by atoms with Crippen molar-refractivity contribution in [2.75, 3.05) is 6.54 Å². The third-order valence-corrected chi connectivity index (χ3v) is 3.34. The first-order valence-corrected chi connectivity index (χ1v) is 5.61. The van der Waals surface area contributed by atoms with Crippen molar-refractivity contribution in [3.8, 4) is 6.07 Å². The maximum Gasteiger partial charge on any atom is 0.102 e. The molecule has 84 valence electrons. The Hall–Kier alpha value is -1.37. The number of hydrogen-bond acceptors (Lipinski definition) is 3. The zero-order valence-corrected chi connectivity index (χ0v) is 9.40. The van der Waals surface area contributed by atoms with Crippen LogP contribution in [-0.4, -0.2) is 17.7 Å². The number of hydrogen-bond donors (Lipinski definition) is 2. The van der Waals surface area contributed by atoms with E-state index >= 15 is 0 Å². The molecule has 3 heteroatoms. The summed E-state index contributed by atoms with van der Waals surface area (Å²) in [5, 5.41) is 22.5. The third kappa shape index (κ3) is 1.95. The predicted octanol–water partition coefficient (Wildman–Crippen LogP) is 1.52. The van der Waals surface area contributed by atoms with Crippen LogP contribution in [0.2, 0.25) is 0 Å². The van der Waals surface area contributed by atoms with Crippen molar-refractivity contribution < 1.29 is 5.11 Å². The van der Waals surface area contributed by atoms with Crippen molar-refractivity contribution in [3.63, 3.8) is 0 Å². The van der Waals surface area contributed by atoms with Crippen LogP contribution in [0.4, 0.5) is 0 Å². The molecule has 2 rings (SSSR count). The predicted molar refractivity (Wildman–Crippen MR) is 61.8 cm³/mol. The Labute approximate surface area is 95.7 Å². The zero-order chi connectivity index (χ0) is 11.6. The average Bonchev–Trinajstić information content (AvgIpc) is 2.83. The molecule has 1 fully saturated rings. The highest BCUT2D eigenvalue weighted by atomic mass is 16.3. The monoisotopic (exact) mass is 216 g/mol. The lowest BCUT2D eigenvalue weighted by Gasteiger charge is -2.30. The molecule has 2 N–H and O–H groups in total. The smallest absolute Gasteiger partial charge is 0.102 e. The van der Waals surface area contributed by atoms with Gasteiger partial charge in [0.2, 0.25) is 0 Å². The SMILES string of the molecule is CC(O)(c1ccc(C#N)cc1)C1CCCN1. The first-order valence-electron chi connectivity index (χ1n) is 5.61. The van der Waals surface area contributed by atoms with E-state index in [1.807, 2.05) is 19.1 Å². The van der Waals surface area contributed by atoms with Gasteiger partial charge in [-0.15, -0.1) is 0 Å². The molecule has 1 aromatic carbocycles. The molecule has 0 aliphatic carbocycles. The summed E-state index contributed by atoms with van der Waals surface area (Å²) in [5.41, 5.74) is 0.634. The first kappa shape index (κ1) is 11.1. The average molecular weight is 216 g/mol.